The maximum Gasteiger partial charge on any atom is 0.0438 e. The summed E-state index contributed by atoms with van der Waals surface area (Å²) in [5.41, 5.74) is 2.58. The van der Waals surface area contributed by atoms with Gasteiger partial charge in [-0.1, -0.05) is 37.6 Å². The fourth-order valence-electron chi connectivity index (χ4n) is 3.03. The van der Waals surface area contributed by atoms with Crippen molar-refractivity contribution < 1.29 is 0 Å². The normalized spacial score (nSPS) is 28.6. The fraction of sp³-hybridized carbons (Fsp3) is 0.600. The van der Waals surface area contributed by atoms with E-state index < -0.39 is 0 Å². The van der Waals surface area contributed by atoms with Gasteiger partial charge in [-0.25, -0.2) is 0 Å². The molecule has 1 aliphatic carbocycles. The van der Waals surface area contributed by atoms with Crippen LogP contribution in [-0.2, 0) is 0 Å². The Bertz CT molecular complexity index is 389. The van der Waals surface area contributed by atoms with Crippen molar-refractivity contribution in [2.45, 2.75) is 45.6 Å². The topological polar surface area (TPSA) is 12.0 Å². The van der Waals surface area contributed by atoms with Crippen LogP contribution in [0.15, 0.2) is 18.2 Å². The summed E-state index contributed by atoms with van der Waals surface area (Å²) in [4.78, 5) is 0. The van der Waals surface area contributed by atoms with Gasteiger partial charge >= 0.3 is 0 Å². The second-order valence-corrected chi connectivity index (χ2v) is 5.62. The Labute approximate surface area is 110 Å². The van der Waals surface area contributed by atoms with Gasteiger partial charge in [-0.2, -0.15) is 0 Å². The largest absolute Gasteiger partial charge is 0.314 e. The van der Waals surface area contributed by atoms with E-state index in [4.69, 9.17) is 11.6 Å². The maximum atomic E-state index is 6.22. The molecule has 0 saturated heterocycles. The van der Waals surface area contributed by atoms with Crippen molar-refractivity contribution in [2.75, 3.05) is 6.54 Å². The Morgan fingerprint density at radius 3 is 2.76 bits per heavy atom. The van der Waals surface area contributed by atoms with Gasteiger partial charge in [-0.3, -0.25) is 0 Å². The molecule has 2 heteroatoms. The highest BCUT2D eigenvalue weighted by molar-refractivity contribution is 6.31. The summed E-state index contributed by atoms with van der Waals surface area (Å²) in [6, 6.07) is 7.22. The van der Waals surface area contributed by atoms with Crippen molar-refractivity contribution in [3.8, 4) is 0 Å². The lowest BCUT2D eigenvalue weighted by molar-refractivity contribution is 0.412. The molecule has 1 aromatic carbocycles. The smallest absolute Gasteiger partial charge is 0.0438 e. The van der Waals surface area contributed by atoms with Crippen molar-refractivity contribution in [1.29, 1.82) is 0 Å². The summed E-state index contributed by atoms with van der Waals surface area (Å²) in [5.74, 6) is 1.37. The van der Waals surface area contributed by atoms with E-state index in [-0.39, 0.29) is 0 Å². The summed E-state index contributed by atoms with van der Waals surface area (Å²) < 4.78 is 0. The van der Waals surface area contributed by atoms with Crippen LogP contribution < -0.4 is 5.32 Å². The molecular formula is C15H22ClN. The summed E-state index contributed by atoms with van der Waals surface area (Å²) in [6.07, 6.45) is 2.56. The molecule has 1 aromatic rings. The Kier molecular flexibility index (Phi) is 4.11. The second-order valence-electron chi connectivity index (χ2n) is 5.22. The molecule has 0 aromatic heterocycles. The number of nitrogens with one attached hydrogen (secondary N) is 1. The van der Waals surface area contributed by atoms with E-state index >= 15 is 0 Å². The molecule has 0 heterocycles. The zero-order valence-corrected chi connectivity index (χ0v) is 11.7. The summed E-state index contributed by atoms with van der Waals surface area (Å²) in [6.45, 7) is 7.67. The summed E-state index contributed by atoms with van der Waals surface area (Å²) in [5, 5.41) is 4.49. The first-order chi connectivity index (χ1) is 8.13. The minimum absolute atomic E-state index is 0.664. The molecule has 1 aliphatic rings. The quantitative estimate of drug-likeness (QED) is 0.852. The zero-order valence-electron chi connectivity index (χ0n) is 11.0. The van der Waals surface area contributed by atoms with Gasteiger partial charge in [-0.05, 0) is 55.3 Å². The predicted molar refractivity (Wildman–Crippen MR) is 74.8 cm³/mol. The van der Waals surface area contributed by atoms with E-state index in [0.717, 1.165) is 11.6 Å². The van der Waals surface area contributed by atoms with Crippen molar-refractivity contribution in [1.82, 2.24) is 5.32 Å². The minimum atomic E-state index is 0.664. The average molecular weight is 252 g/mol. The van der Waals surface area contributed by atoms with Crippen LogP contribution >= 0.6 is 11.6 Å². The van der Waals surface area contributed by atoms with E-state index in [2.05, 4.69) is 44.3 Å². The van der Waals surface area contributed by atoms with E-state index in [1.54, 1.807) is 0 Å². The number of hydrogen-bond donors (Lipinski definition) is 1. The molecule has 3 atom stereocenters. The van der Waals surface area contributed by atoms with Gasteiger partial charge < -0.3 is 5.32 Å². The number of aryl methyl sites for hydroxylation is 1. The molecular weight excluding hydrogens is 230 g/mol. The Hall–Kier alpha value is -0.530. The third kappa shape index (κ3) is 2.66. The lowest BCUT2D eigenvalue weighted by Gasteiger charge is -2.22. The molecule has 1 fully saturated rings. The van der Waals surface area contributed by atoms with Gasteiger partial charge in [0.1, 0.15) is 0 Å². The van der Waals surface area contributed by atoms with Gasteiger partial charge in [0.25, 0.3) is 0 Å². The van der Waals surface area contributed by atoms with Gasteiger partial charge in [0.05, 0.1) is 0 Å². The lowest BCUT2D eigenvalue weighted by Crippen LogP contribution is -2.32. The molecule has 1 nitrogen and oxygen atoms in total. The Balaban J connectivity index is 2.15. The predicted octanol–water partition coefficient (Wildman–Crippen LogP) is 4.14. The second kappa shape index (κ2) is 5.41. The number of hydrogen-bond acceptors (Lipinski definition) is 1. The van der Waals surface area contributed by atoms with Gasteiger partial charge in [0.2, 0.25) is 0 Å². The monoisotopic (exact) mass is 251 g/mol. The molecule has 94 valence electrons. The maximum absolute atomic E-state index is 6.22. The van der Waals surface area contributed by atoms with Crippen LogP contribution in [0.2, 0.25) is 5.02 Å². The molecule has 0 amide bonds. The molecule has 0 radical (unpaired) electrons. The molecule has 0 bridgehead atoms. The average Bonchev–Trinajstić information content (AvgIpc) is 2.66. The van der Waals surface area contributed by atoms with Crippen LogP contribution in [0.4, 0.5) is 0 Å². The van der Waals surface area contributed by atoms with Crippen molar-refractivity contribution >= 4 is 11.6 Å². The first-order valence-electron chi connectivity index (χ1n) is 6.63. The molecule has 1 saturated carbocycles. The lowest BCUT2D eigenvalue weighted by atomic mass is 9.88. The van der Waals surface area contributed by atoms with Crippen LogP contribution in [-0.4, -0.2) is 12.6 Å². The Morgan fingerprint density at radius 1 is 1.35 bits per heavy atom. The number of benzene rings is 1. The van der Waals surface area contributed by atoms with Gasteiger partial charge in [-0.15, -0.1) is 0 Å². The summed E-state index contributed by atoms with van der Waals surface area (Å²) >= 11 is 6.22. The number of halogens is 1. The minimum Gasteiger partial charge on any atom is -0.314 e. The van der Waals surface area contributed by atoms with E-state index in [9.17, 15) is 0 Å². The standard InChI is InChI=1S/C15H22ClN/c1-4-17-15-8-7-13(11(15)3)12-6-5-10(2)14(16)9-12/h5-6,9,11,13,15,17H,4,7-8H2,1-3H3. The van der Waals surface area contributed by atoms with Crippen LogP contribution in [0.3, 0.4) is 0 Å². The first kappa shape index (κ1) is 12.9. The molecule has 0 spiro atoms. The van der Waals surface area contributed by atoms with Gasteiger partial charge in [0, 0.05) is 11.1 Å². The molecule has 2 rings (SSSR count). The van der Waals surface area contributed by atoms with Crippen LogP contribution in [0.5, 0.6) is 0 Å². The highest BCUT2D eigenvalue weighted by atomic mass is 35.5. The van der Waals surface area contributed by atoms with Gasteiger partial charge in [0.15, 0.2) is 0 Å². The van der Waals surface area contributed by atoms with Crippen molar-refractivity contribution in [2.24, 2.45) is 5.92 Å². The SMILES string of the molecule is CCNC1CCC(c2ccc(C)c(Cl)c2)C1C. The van der Waals surface area contributed by atoms with Crippen LogP contribution in [0.25, 0.3) is 0 Å². The number of rotatable bonds is 3. The highest BCUT2D eigenvalue weighted by Gasteiger charge is 2.33. The van der Waals surface area contributed by atoms with E-state index in [1.807, 2.05) is 0 Å². The molecule has 1 N–H and O–H groups in total. The fourth-order valence-corrected chi connectivity index (χ4v) is 3.21. The molecule has 0 aliphatic heterocycles. The van der Waals surface area contributed by atoms with E-state index in [0.29, 0.717) is 17.9 Å². The van der Waals surface area contributed by atoms with E-state index in [1.165, 1.54) is 24.0 Å². The van der Waals surface area contributed by atoms with Crippen molar-refractivity contribution in [3.63, 3.8) is 0 Å². The zero-order chi connectivity index (χ0) is 12.4. The third-order valence-corrected chi connectivity index (χ3v) is 4.56. The van der Waals surface area contributed by atoms with Crippen LogP contribution in [0.1, 0.15) is 43.7 Å². The van der Waals surface area contributed by atoms with Crippen molar-refractivity contribution in [3.05, 3.63) is 34.3 Å². The summed E-state index contributed by atoms with van der Waals surface area (Å²) in [7, 11) is 0. The van der Waals surface area contributed by atoms with Crippen LogP contribution in [0, 0.1) is 12.8 Å². The molecule has 3 unspecified atom stereocenters. The first-order valence-corrected chi connectivity index (χ1v) is 7.00. The highest BCUT2D eigenvalue weighted by Crippen LogP contribution is 2.40. The third-order valence-electron chi connectivity index (χ3n) is 4.15. The molecule has 17 heavy (non-hydrogen) atoms. The Morgan fingerprint density at radius 2 is 2.12 bits per heavy atom.